The highest BCUT2D eigenvalue weighted by atomic mass is 16.5. The molecule has 0 radical (unpaired) electrons. The third-order valence-corrected chi connectivity index (χ3v) is 5.53. The van der Waals surface area contributed by atoms with Gasteiger partial charge in [0.05, 0.1) is 5.69 Å². The van der Waals surface area contributed by atoms with Crippen LogP contribution in [0.5, 0.6) is 5.75 Å². The number of nitrogens with one attached hydrogen (secondary N) is 1. The molecule has 0 spiro atoms. The lowest BCUT2D eigenvalue weighted by molar-refractivity contribution is -0.121. The minimum Gasteiger partial charge on any atom is -0.482 e. The molecule has 0 bridgehead atoms. The van der Waals surface area contributed by atoms with Crippen LogP contribution in [-0.2, 0) is 4.79 Å². The summed E-state index contributed by atoms with van der Waals surface area (Å²) in [4.78, 5) is 14.3. The Balaban J connectivity index is 1.58. The first kappa shape index (κ1) is 16.3. The monoisotopic (exact) mass is 358 g/mol. The maximum atomic E-state index is 12.4. The predicted molar refractivity (Wildman–Crippen MR) is 108 cm³/mol. The van der Waals surface area contributed by atoms with Gasteiger partial charge < -0.3 is 15.0 Å². The average Bonchev–Trinajstić information content (AvgIpc) is 2.64. The summed E-state index contributed by atoms with van der Waals surface area (Å²) in [6.07, 6.45) is 0. The van der Waals surface area contributed by atoms with Crippen molar-refractivity contribution in [1.29, 1.82) is 0 Å². The largest absolute Gasteiger partial charge is 0.482 e. The number of amides is 1. The molecule has 27 heavy (non-hydrogen) atoms. The molecule has 5 rings (SSSR count). The normalized spacial score (nSPS) is 16.8. The highest BCUT2D eigenvalue weighted by Gasteiger charge is 2.30. The van der Waals surface area contributed by atoms with Crippen LogP contribution in [0, 0.1) is 12.8 Å². The molecule has 2 aliphatic heterocycles. The molecular formula is C23H22N2O2. The Hall–Kier alpha value is -2.85. The first-order valence-electron chi connectivity index (χ1n) is 9.47. The van der Waals surface area contributed by atoms with Crippen LogP contribution in [0.15, 0.2) is 54.6 Å². The third-order valence-electron chi connectivity index (χ3n) is 5.53. The molecule has 0 atom stereocenters. The fraction of sp³-hybridized carbons (Fsp3) is 0.261. The van der Waals surface area contributed by atoms with Crippen LogP contribution in [0.2, 0.25) is 0 Å². The fourth-order valence-electron chi connectivity index (χ4n) is 4.01. The van der Waals surface area contributed by atoms with E-state index in [0.29, 0.717) is 5.92 Å². The number of carbonyl (C=O) groups is 1. The molecule has 2 heterocycles. The van der Waals surface area contributed by atoms with Crippen molar-refractivity contribution in [3.63, 3.8) is 0 Å². The lowest BCUT2D eigenvalue weighted by Gasteiger charge is -2.36. The van der Waals surface area contributed by atoms with E-state index in [1.807, 2.05) is 11.0 Å². The number of anilines is 1. The van der Waals surface area contributed by atoms with E-state index in [4.69, 9.17) is 4.74 Å². The summed E-state index contributed by atoms with van der Waals surface area (Å²) in [6, 6.07) is 19.1. The van der Waals surface area contributed by atoms with Gasteiger partial charge in [-0.3, -0.25) is 4.79 Å². The zero-order valence-corrected chi connectivity index (χ0v) is 15.4. The predicted octanol–water partition coefficient (Wildman–Crippen LogP) is 3.76. The van der Waals surface area contributed by atoms with Gasteiger partial charge in [0, 0.05) is 25.6 Å². The zero-order valence-electron chi connectivity index (χ0n) is 15.4. The molecule has 3 aromatic rings. The van der Waals surface area contributed by atoms with Gasteiger partial charge in [0.15, 0.2) is 6.61 Å². The molecule has 1 amide bonds. The highest BCUT2D eigenvalue weighted by molar-refractivity contribution is 6.00. The van der Waals surface area contributed by atoms with Gasteiger partial charge in [0.25, 0.3) is 5.91 Å². The molecule has 3 aromatic carbocycles. The molecule has 0 saturated carbocycles. The van der Waals surface area contributed by atoms with Crippen molar-refractivity contribution in [2.24, 2.45) is 5.92 Å². The second kappa shape index (κ2) is 6.39. The zero-order chi connectivity index (χ0) is 18.4. The standard InChI is InChI=1S/C23H22N2O2/c1-15-8-17-4-2-3-5-19(17)20(9-15)18-6-7-21-22(10-18)27-14-23(26)25(21)13-16-11-24-12-16/h2-10,16,24H,11-14H2,1H3. The summed E-state index contributed by atoms with van der Waals surface area (Å²) in [6.45, 7) is 4.96. The topological polar surface area (TPSA) is 41.6 Å². The Bertz CT molecular complexity index is 1040. The molecule has 4 heteroatoms. The van der Waals surface area contributed by atoms with Crippen molar-refractivity contribution in [2.75, 3.05) is 31.1 Å². The van der Waals surface area contributed by atoms with Crippen molar-refractivity contribution in [1.82, 2.24) is 5.32 Å². The summed E-state index contributed by atoms with van der Waals surface area (Å²) >= 11 is 0. The minimum absolute atomic E-state index is 0.0446. The number of carbonyl (C=O) groups excluding carboxylic acids is 1. The van der Waals surface area contributed by atoms with Crippen LogP contribution in [0.25, 0.3) is 21.9 Å². The van der Waals surface area contributed by atoms with Crippen molar-refractivity contribution >= 4 is 22.4 Å². The number of fused-ring (bicyclic) bond motifs is 2. The lowest BCUT2D eigenvalue weighted by Crippen LogP contribution is -2.51. The van der Waals surface area contributed by atoms with Crippen LogP contribution in [0.4, 0.5) is 5.69 Å². The molecule has 4 nitrogen and oxygen atoms in total. The van der Waals surface area contributed by atoms with Crippen LogP contribution >= 0.6 is 0 Å². The summed E-state index contributed by atoms with van der Waals surface area (Å²) < 4.78 is 5.80. The molecule has 1 saturated heterocycles. The highest BCUT2D eigenvalue weighted by Crippen LogP contribution is 2.38. The minimum atomic E-state index is 0.0446. The van der Waals surface area contributed by atoms with Gasteiger partial charge in [0.2, 0.25) is 0 Å². The number of aryl methyl sites for hydroxylation is 1. The Morgan fingerprint density at radius 2 is 1.96 bits per heavy atom. The van der Waals surface area contributed by atoms with Crippen molar-refractivity contribution in [2.45, 2.75) is 6.92 Å². The Kier molecular flexibility index (Phi) is 3.87. The molecule has 1 N–H and O–H groups in total. The molecule has 136 valence electrons. The smallest absolute Gasteiger partial charge is 0.265 e. The van der Waals surface area contributed by atoms with Crippen molar-refractivity contribution in [3.05, 3.63) is 60.2 Å². The SMILES string of the molecule is Cc1cc(-c2ccc3c(c2)OCC(=O)N3CC2CNC2)c2ccccc2c1. The maximum Gasteiger partial charge on any atom is 0.265 e. The van der Waals surface area contributed by atoms with E-state index in [9.17, 15) is 4.79 Å². The van der Waals surface area contributed by atoms with Crippen LogP contribution < -0.4 is 15.0 Å². The van der Waals surface area contributed by atoms with E-state index in [0.717, 1.165) is 36.6 Å². The number of rotatable bonds is 3. The van der Waals surface area contributed by atoms with Crippen molar-refractivity contribution < 1.29 is 9.53 Å². The molecule has 0 unspecified atom stereocenters. The van der Waals surface area contributed by atoms with Gasteiger partial charge in [-0.15, -0.1) is 0 Å². The van der Waals surface area contributed by atoms with Crippen molar-refractivity contribution in [3.8, 4) is 16.9 Å². The van der Waals surface area contributed by atoms with Crippen LogP contribution in [-0.4, -0.2) is 32.1 Å². The number of ether oxygens (including phenoxy) is 1. The molecular weight excluding hydrogens is 336 g/mol. The Morgan fingerprint density at radius 3 is 2.78 bits per heavy atom. The number of hydrogen-bond donors (Lipinski definition) is 1. The van der Waals surface area contributed by atoms with E-state index < -0.39 is 0 Å². The van der Waals surface area contributed by atoms with E-state index in [1.54, 1.807) is 0 Å². The van der Waals surface area contributed by atoms with E-state index >= 15 is 0 Å². The van der Waals surface area contributed by atoms with Gasteiger partial charge in [0.1, 0.15) is 5.75 Å². The molecule has 0 aromatic heterocycles. The van der Waals surface area contributed by atoms with E-state index in [2.05, 4.69) is 60.8 Å². The van der Waals surface area contributed by atoms with Crippen LogP contribution in [0.1, 0.15) is 5.56 Å². The van der Waals surface area contributed by atoms with E-state index in [-0.39, 0.29) is 12.5 Å². The average molecular weight is 358 g/mol. The Morgan fingerprint density at radius 1 is 1.11 bits per heavy atom. The second-order valence-electron chi connectivity index (χ2n) is 7.53. The summed E-state index contributed by atoms with van der Waals surface area (Å²) in [5.41, 5.74) is 4.44. The summed E-state index contributed by atoms with van der Waals surface area (Å²) in [5, 5.41) is 5.74. The van der Waals surface area contributed by atoms with Gasteiger partial charge in [-0.05, 0) is 46.5 Å². The number of nitrogens with zero attached hydrogens (tertiary/aromatic N) is 1. The van der Waals surface area contributed by atoms with Crippen LogP contribution in [0.3, 0.4) is 0 Å². The number of hydrogen-bond acceptors (Lipinski definition) is 3. The molecule has 1 fully saturated rings. The first-order valence-corrected chi connectivity index (χ1v) is 9.47. The van der Waals surface area contributed by atoms with Gasteiger partial charge in [-0.2, -0.15) is 0 Å². The first-order chi connectivity index (χ1) is 13.2. The van der Waals surface area contributed by atoms with Gasteiger partial charge in [-0.25, -0.2) is 0 Å². The molecule has 2 aliphatic rings. The van der Waals surface area contributed by atoms with Gasteiger partial charge >= 0.3 is 0 Å². The maximum absolute atomic E-state index is 12.4. The van der Waals surface area contributed by atoms with Gasteiger partial charge in [-0.1, -0.05) is 42.5 Å². The Labute approximate surface area is 158 Å². The quantitative estimate of drug-likeness (QED) is 0.775. The second-order valence-corrected chi connectivity index (χ2v) is 7.53. The fourth-order valence-corrected chi connectivity index (χ4v) is 4.01. The van der Waals surface area contributed by atoms with E-state index in [1.165, 1.54) is 21.9 Å². The third kappa shape index (κ3) is 2.86. The molecule has 0 aliphatic carbocycles. The summed E-state index contributed by atoms with van der Waals surface area (Å²) in [5.74, 6) is 1.37. The summed E-state index contributed by atoms with van der Waals surface area (Å²) in [7, 11) is 0. The lowest BCUT2D eigenvalue weighted by atomic mass is 9.95. The number of benzene rings is 3.